The number of benzene rings is 1. The zero-order chi connectivity index (χ0) is 13.3. The minimum absolute atomic E-state index is 0.502. The van der Waals surface area contributed by atoms with Crippen molar-refractivity contribution in [1.82, 2.24) is 0 Å². The molecule has 0 fully saturated rings. The predicted octanol–water partition coefficient (Wildman–Crippen LogP) is 2.26. The molecule has 0 aliphatic carbocycles. The number of alkyl halides is 2. The summed E-state index contributed by atoms with van der Waals surface area (Å²) in [6.45, 7) is 0. The summed E-state index contributed by atoms with van der Waals surface area (Å²) in [7, 11) is -1.91. The van der Waals surface area contributed by atoms with Crippen molar-refractivity contribution in [3.8, 4) is 5.75 Å². The van der Waals surface area contributed by atoms with Crippen molar-refractivity contribution in [1.29, 1.82) is 0 Å². The van der Waals surface area contributed by atoms with Crippen LogP contribution in [0.3, 0.4) is 0 Å². The van der Waals surface area contributed by atoms with Gasteiger partial charge < -0.3 is 9.84 Å². The Hall–Kier alpha value is 0.140. The average molecular weight is 435 g/mol. The molecule has 0 saturated carbocycles. The Balaban J connectivity index is 3.08. The van der Waals surface area contributed by atoms with Crippen LogP contribution in [0.15, 0.2) is 24.3 Å². The van der Waals surface area contributed by atoms with E-state index in [1.165, 1.54) is 7.11 Å². The highest BCUT2D eigenvalue weighted by molar-refractivity contribution is 14.1. The highest BCUT2D eigenvalue weighted by Gasteiger charge is 2.43. The van der Waals surface area contributed by atoms with Crippen LogP contribution in [-0.4, -0.2) is 28.6 Å². The molecule has 0 unspecified atom stereocenters. The van der Waals surface area contributed by atoms with Crippen LogP contribution < -0.4 is 4.74 Å². The summed E-state index contributed by atoms with van der Waals surface area (Å²) < 4.78 is 26.7. The Morgan fingerprint density at radius 3 is 2.24 bits per heavy atom. The lowest BCUT2D eigenvalue weighted by molar-refractivity contribution is 0.191. The number of aliphatic hydroxyl groups excluding tert-OH is 1. The summed E-state index contributed by atoms with van der Waals surface area (Å²) >= 11 is 4.74. The third-order valence-corrected chi connectivity index (χ3v) is 8.64. The van der Waals surface area contributed by atoms with Gasteiger partial charge in [-0.05, 0) is 40.3 Å². The molecule has 0 heterocycles. The molecule has 7 heteroatoms. The molecule has 0 amide bonds. The fraction of sp³-hybridized carbons (Fsp3) is 0.400. The van der Waals surface area contributed by atoms with Crippen molar-refractivity contribution in [2.45, 2.75) is 7.77 Å². The van der Waals surface area contributed by atoms with Gasteiger partial charge in [0, 0.05) is 6.26 Å². The lowest BCUT2D eigenvalue weighted by Gasteiger charge is -2.25. The number of rotatable bonds is 4. The zero-order valence-corrected chi connectivity index (χ0v) is 13.8. The molecule has 0 aliphatic rings. The lowest BCUT2D eigenvalue weighted by atomic mass is 10.1. The first-order valence-electron chi connectivity index (χ1n) is 4.59. The van der Waals surface area contributed by atoms with Gasteiger partial charge in [-0.3, -0.25) is 0 Å². The first kappa shape index (κ1) is 15.2. The van der Waals surface area contributed by atoms with Gasteiger partial charge in [-0.2, -0.15) is 0 Å². The summed E-state index contributed by atoms with van der Waals surface area (Å²) in [6.07, 6.45) is -0.0926. The van der Waals surface area contributed by atoms with Crippen LogP contribution in [0.25, 0.3) is 0 Å². The van der Waals surface area contributed by atoms with E-state index < -0.39 is 17.6 Å². The van der Waals surface area contributed by atoms with Crippen LogP contribution in [0, 0.1) is 0 Å². The highest BCUT2D eigenvalue weighted by atomic mass is 127. The Morgan fingerprint density at radius 2 is 1.88 bits per heavy atom. The highest BCUT2D eigenvalue weighted by Crippen LogP contribution is 2.44. The Morgan fingerprint density at radius 1 is 1.41 bits per heavy atom. The Kier molecular flexibility index (Phi) is 4.84. The van der Waals surface area contributed by atoms with Crippen molar-refractivity contribution < 1.29 is 18.3 Å². The number of aliphatic hydroxyl groups is 1. The third kappa shape index (κ3) is 3.33. The number of hydrogen-bond acceptors (Lipinski definition) is 4. The molecule has 17 heavy (non-hydrogen) atoms. The van der Waals surface area contributed by atoms with E-state index in [0.717, 1.165) is 6.26 Å². The van der Waals surface area contributed by atoms with E-state index in [9.17, 15) is 13.5 Å². The molecule has 0 spiro atoms. The van der Waals surface area contributed by atoms with Crippen LogP contribution >= 0.6 is 38.5 Å². The van der Waals surface area contributed by atoms with E-state index >= 15 is 0 Å². The van der Waals surface area contributed by atoms with Crippen LogP contribution in [0.2, 0.25) is 0 Å². The lowest BCUT2D eigenvalue weighted by Crippen LogP contribution is -2.31. The molecule has 1 rings (SSSR count). The maximum Gasteiger partial charge on any atom is 0.206 e. The molecule has 0 aromatic heterocycles. The molecule has 0 bridgehead atoms. The van der Waals surface area contributed by atoms with Gasteiger partial charge >= 0.3 is 0 Å². The quantitative estimate of drug-likeness (QED) is 0.583. The number of halogens is 2. The monoisotopic (exact) mass is 434 g/mol. The molecule has 0 aliphatic heterocycles. The van der Waals surface area contributed by atoms with Gasteiger partial charge in [0.05, 0.1) is 7.11 Å². The molecule has 2 atom stereocenters. The second-order valence-corrected chi connectivity index (χ2v) is 11.4. The number of ether oxygens (including phenoxy) is 1. The topological polar surface area (TPSA) is 63.6 Å². The van der Waals surface area contributed by atoms with Gasteiger partial charge in [0.15, 0.2) is 9.84 Å². The standard InChI is InChI=1S/C10H12BrIO4S/c1-16-8-5-3-7(4-6-8)9(13)10(11,12)17(2,14)15/h3-6,9,13H,1-2H3/t9-,10+/m0/s1. The van der Waals surface area contributed by atoms with Crippen LogP contribution in [0.4, 0.5) is 0 Å². The van der Waals surface area contributed by atoms with E-state index in [2.05, 4.69) is 15.9 Å². The smallest absolute Gasteiger partial charge is 0.206 e. The number of hydrogen-bond donors (Lipinski definition) is 1. The predicted molar refractivity (Wildman–Crippen MR) is 78.5 cm³/mol. The number of methoxy groups -OCH3 is 1. The van der Waals surface area contributed by atoms with Crippen molar-refractivity contribution >= 4 is 48.4 Å². The van der Waals surface area contributed by atoms with Gasteiger partial charge in [-0.15, -0.1) is 0 Å². The summed E-state index contributed by atoms with van der Waals surface area (Å²) in [6, 6.07) is 6.59. The molecular weight excluding hydrogens is 423 g/mol. The molecule has 1 N–H and O–H groups in total. The summed E-state index contributed by atoms with van der Waals surface area (Å²) in [5, 5.41) is 10.1. The van der Waals surface area contributed by atoms with Crippen LogP contribution in [-0.2, 0) is 9.84 Å². The molecular formula is C10H12BrIO4S. The van der Waals surface area contributed by atoms with E-state index in [0.29, 0.717) is 11.3 Å². The first-order valence-corrected chi connectivity index (χ1v) is 8.36. The van der Waals surface area contributed by atoms with Crippen molar-refractivity contribution in [3.63, 3.8) is 0 Å². The largest absolute Gasteiger partial charge is 0.497 e. The fourth-order valence-electron chi connectivity index (χ4n) is 1.18. The minimum Gasteiger partial charge on any atom is -0.497 e. The van der Waals surface area contributed by atoms with Gasteiger partial charge in [0.2, 0.25) is 1.66 Å². The maximum absolute atomic E-state index is 11.6. The van der Waals surface area contributed by atoms with Crippen LogP contribution in [0.5, 0.6) is 5.75 Å². The normalized spacial score (nSPS) is 17.2. The van der Waals surface area contributed by atoms with Gasteiger partial charge in [-0.25, -0.2) is 8.42 Å². The Labute approximate surface area is 123 Å². The maximum atomic E-state index is 11.6. The van der Waals surface area contributed by atoms with Crippen LogP contribution in [0.1, 0.15) is 11.7 Å². The molecule has 1 aromatic carbocycles. The first-order chi connectivity index (χ1) is 7.70. The van der Waals surface area contributed by atoms with E-state index in [1.54, 1.807) is 46.9 Å². The molecule has 96 valence electrons. The van der Waals surface area contributed by atoms with Gasteiger partial charge in [-0.1, -0.05) is 28.1 Å². The van der Waals surface area contributed by atoms with Gasteiger partial charge in [0.1, 0.15) is 11.9 Å². The fourth-order valence-corrected chi connectivity index (χ4v) is 2.35. The average Bonchev–Trinajstić information content (AvgIpc) is 2.26. The second kappa shape index (κ2) is 5.41. The second-order valence-electron chi connectivity index (χ2n) is 3.51. The molecule has 1 aromatic rings. The van der Waals surface area contributed by atoms with Crippen molar-refractivity contribution in [2.75, 3.05) is 13.4 Å². The van der Waals surface area contributed by atoms with E-state index in [1.807, 2.05) is 0 Å². The molecule has 4 nitrogen and oxygen atoms in total. The minimum atomic E-state index is -3.44. The summed E-state index contributed by atoms with van der Waals surface area (Å²) in [5.41, 5.74) is 0.502. The Bertz CT molecular complexity index is 484. The summed E-state index contributed by atoms with van der Waals surface area (Å²) in [4.78, 5) is 0. The van der Waals surface area contributed by atoms with Gasteiger partial charge in [0.25, 0.3) is 0 Å². The SMILES string of the molecule is COc1ccc([C@H](O)[C@@](Br)(I)S(C)(=O)=O)cc1. The van der Waals surface area contributed by atoms with E-state index in [-0.39, 0.29) is 0 Å². The van der Waals surface area contributed by atoms with E-state index in [4.69, 9.17) is 4.74 Å². The zero-order valence-electron chi connectivity index (χ0n) is 9.22. The van der Waals surface area contributed by atoms with Crippen molar-refractivity contribution in [3.05, 3.63) is 29.8 Å². The molecule has 0 saturated heterocycles. The number of sulfone groups is 1. The van der Waals surface area contributed by atoms with Crippen molar-refractivity contribution in [2.24, 2.45) is 0 Å². The summed E-state index contributed by atoms with van der Waals surface area (Å²) in [5.74, 6) is 0.647. The third-order valence-electron chi connectivity index (χ3n) is 2.24. The molecule has 0 radical (unpaired) electrons.